The van der Waals surface area contributed by atoms with E-state index in [0.29, 0.717) is 6.54 Å². The lowest BCUT2D eigenvalue weighted by atomic mass is 10.1. The Morgan fingerprint density at radius 2 is 1.74 bits per heavy atom. The van der Waals surface area contributed by atoms with E-state index < -0.39 is 11.7 Å². The van der Waals surface area contributed by atoms with Gasteiger partial charge in [-0.2, -0.15) is 13.2 Å². The van der Waals surface area contributed by atoms with Crippen molar-refractivity contribution in [2.45, 2.75) is 12.6 Å². The van der Waals surface area contributed by atoms with Gasteiger partial charge in [-0.3, -0.25) is 4.79 Å². The van der Waals surface area contributed by atoms with Crippen LogP contribution in [-0.2, 0) is 6.18 Å². The highest BCUT2D eigenvalue weighted by molar-refractivity contribution is 5.94. The van der Waals surface area contributed by atoms with E-state index in [0.717, 1.165) is 25.1 Å². The maximum atomic E-state index is 12.3. The van der Waals surface area contributed by atoms with Crippen molar-refractivity contribution in [1.82, 2.24) is 10.6 Å². The maximum absolute atomic E-state index is 12.3. The summed E-state index contributed by atoms with van der Waals surface area (Å²) in [6.45, 7) is 1.26. The van der Waals surface area contributed by atoms with Gasteiger partial charge in [-0.25, -0.2) is 0 Å². The lowest BCUT2D eigenvalue weighted by molar-refractivity contribution is -0.137. The first-order chi connectivity index (χ1) is 8.45. The molecule has 0 spiro atoms. The van der Waals surface area contributed by atoms with Gasteiger partial charge in [0.25, 0.3) is 5.91 Å². The molecule has 1 aromatic rings. The van der Waals surface area contributed by atoms with Crippen LogP contribution in [0.2, 0.25) is 0 Å². The number of carbonyl (C=O) groups is 1. The molecule has 1 rings (SSSR count). The van der Waals surface area contributed by atoms with Crippen LogP contribution >= 0.6 is 12.4 Å². The summed E-state index contributed by atoms with van der Waals surface area (Å²) in [6.07, 6.45) is -3.61. The van der Waals surface area contributed by atoms with Crippen molar-refractivity contribution in [3.8, 4) is 0 Å². The number of carbonyl (C=O) groups excluding carboxylic acids is 1. The van der Waals surface area contributed by atoms with Gasteiger partial charge in [0.15, 0.2) is 0 Å². The van der Waals surface area contributed by atoms with Crippen LogP contribution in [0.1, 0.15) is 22.3 Å². The van der Waals surface area contributed by atoms with Crippen LogP contribution in [0, 0.1) is 0 Å². The van der Waals surface area contributed by atoms with Gasteiger partial charge in [0, 0.05) is 12.1 Å². The molecular formula is C12H16ClF3N2O. The molecular weight excluding hydrogens is 281 g/mol. The first kappa shape index (κ1) is 17.7. The van der Waals surface area contributed by atoms with Crippen molar-refractivity contribution in [2.24, 2.45) is 0 Å². The molecule has 0 atom stereocenters. The van der Waals surface area contributed by atoms with E-state index in [-0.39, 0.29) is 23.9 Å². The number of hydrogen-bond donors (Lipinski definition) is 2. The average molecular weight is 297 g/mol. The molecule has 0 aliphatic rings. The molecule has 0 radical (unpaired) electrons. The Morgan fingerprint density at radius 3 is 2.21 bits per heavy atom. The van der Waals surface area contributed by atoms with Gasteiger partial charge in [-0.15, -0.1) is 12.4 Å². The zero-order chi connectivity index (χ0) is 13.6. The Morgan fingerprint density at radius 1 is 1.16 bits per heavy atom. The van der Waals surface area contributed by atoms with Crippen molar-refractivity contribution >= 4 is 18.3 Å². The van der Waals surface area contributed by atoms with E-state index in [1.165, 1.54) is 12.1 Å². The average Bonchev–Trinajstić information content (AvgIpc) is 2.33. The Balaban J connectivity index is 0.00000324. The van der Waals surface area contributed by atoms with Crippen LogP contribution in [0.5, 0.6) is 0 Å². The topological polar surface area (TPSA) is 41.1 Å². The summed E-state index contributed by atoms with van der Waals surface area (Å²) in [6, 6.07) is 4.16. The first-order valence-electron chi connectivity index (χ1n) is 5.55. The normalized spacial score (nSPS) is 10.7. The molecule has 0 unspecified atom stereocenters. The number of rotatable bonds is 5. The number of hydrogen-bond acceptors (Lipinski definition) is 2. The molecule has 1 amide bonds. The predicted molar refractivity (Wildman–Crippen MR) is 69.6 cm³/mol. The highest BCUT2D eigenvalue weighted by atomic mass is 35.5. The van der Waals surface area contributed by atoms with Crippen molar-refractivity contribution in [1.29, 1.82) is 0 Å². The van der Waals surface area contributed by atoms with E-state index in [2.05, 4.69) is 10.6 Å². The summed E-state index contributed by atoms with van der Waals surface area (Å²) < 4.78 is 36.9. The van der Waals surface area contributed by atoms with E-state index in [4.69, 9.17) is 0 Å². The van der Waals surface area contributed by atoms with Gasteiger partial charge in [0.1, 0.15) is 0 Å². The number of amides is 1. The third kappa shape index (κ3) is 5.94. The van der Waals surface area contributed by atoms with E-state index in [1.54, 1.807) is 7.05 Å². The van der Waals surface area contributed by atoms with Gasteiger partial charge in [0.2, 0.25) is 0 Å². The fourth-order valence-electron chi connectivity index (χ4n) is 1.38. The van der Waals surface area contributed by atoms with Gasteiger partial charge < -0.3 is 10.6 Å². The lowest BCUT2D eigenvalue weighted by Crippen LogP contribution is -2.26. The molecule has 3 nitrogen and oxygen atoms in total. The molecule has 0 bridgehead atoms. The standard InChI is InChI=1S/C12H15F3N2O.ClH/c1-16-7-2-8-17-11(18)9-3-5-10(6-4-9)12(13,14)15;/h3-6,16H,2,7-8H2,1H3,(H,17,18);1H. The second-order valence-electron chi connectivity index (χ2n) is 3.79. The first-order valence-corrected chi connectivity index (χ1v) is 5.55. The molecule has 0 saturated carbocycles. The minimum absolute atomic E-state index is 0. The van der Waals surface area contributed by atoms with E-state index in [9.17, 15) is 18.0 Å². The van der Waals surface area contributed by atoms with Crippen molar-refractivity contribution < 1.29 is 18.0 Å². The monoisotopic (exact) mass is 296 g/mol. The number of alkyl halides is 3. The van der Waals surface area contributed by atoms with Crippen molar-refractivity contribution in [3.05, 3.63) is 35.4 Å². The molecule has 0 aromatic heterocycles. The highest BCUT2D eigenvalue weighted by Crippen LogP contribution is 2.28. The highest BCUT2D eigenvalue weighted by Gasteiger charge is 2.30. The third-order valence-corrected chi connectivity index (χ3v) is 2.36. The summed E-state index contributed by atoms with van der Waals surface area (Å²) in [4.78, 5) is 11.6. The fraction of sp³-hybridized carbons (Fsp3) is 0.417. The summed E-state index contributed by atoms with van der Waals surface area (Å²) in [5, 5.41) is 5.56. The number of halogens is 4. The summed E-state index contributed by atoms with van der Waals surface area (Å²) in [7, 11) is 1.80. The predicted octanol–water partition coefficient (Wildman–Crippen LogP) is 2.47. The fourth-order valence-corrected chi connectivity index (χ4v) is 1.38. The molecule has 0 fully saturated rings. The largest absolute Gasteiger partial charge is 0.416 e. The van der Waals surface area contributed by atoms with E-state index in [1.807, 2.05) is 0 Å². The van der Waals surface area contributed by atoms with Crippen molar-refractivity contribution in [3.63, 3.8) is 0 Å². The van der Waals surface area contributed by atoms with Crippen molar-refractivity contribution in [2.75, 3.05) is 20.1 Å². The Labute approximate surface area is 116 Å². The molecule has 19 heavy (non-hydrogen) atoms. The smallest absolute Gasteiger partial charge is 0.352 e. The zero-order valence-electron chi connectivity index (χ0n) is 10.4. The van der Waals surface area contributed by atoms with Gasteiger partial charge in [-0.1, -0.05) is 0 Å². The maximum Gasteiger partial charge on any atom is 0.416 e. The molecule has 0 heterocycles. The molecule has 0 aliphatic heterocycles. The molecule has 7 heteroatoms. The number of benzene rings is 1. The Kier molecular flexibility index (Phi) is 7.48. The van der Waals surface area contributed by atoms with Crippen LogP contribution in [0.15, 0.2) is 24.3 Å². The van der Waals surface area contributed by atoms with Crippen LogP contribution in [0.3, 0.4) is 0 Å². The van der Waals surface area contributed by atoms with Gasteiger partial charge in [0.05, 0.1) is 5.56 Å². The quantitative estimate of drug-likeness (QED) is 0.820. The van der Waals surface area contributed by atoms with Crippen LogP contribution in [0.4, 0.5) is 13.2 Å². The van der Waals surface area contributed by atoms with E-state index >= 15 is 0 Å². The van der Waals surface area contributed by atoms with Gasteiger partial charge >= 0.3 is 6.18 Å². The molecule has 2 N–H and O–H groups in total. The Hall–Kier alpha value is -1.27. The second kappa shape index (κ2) is 8.01. The summed E-state index contributed by atoms with van der Waals surface area (Å²) in [5.74, 6) is -0.361. The minimum atomic E-state index is -4.37. The lowest BCUT2D eigenvalue weighted by Gasteiger charge is -2.08. The number of nitrogens with one attached hydrogen (secondary N) is 2. The van der Waals surface area contributed by atoms with Crippen LogP contribution in [0.25, 0.3) is 0 Å². The summed E-state index contributed by atoms with van der Waals surface area (Å²) in [5.41, 5.74) is -0.526. The SMILES string of the molecule is CNCCCNC(=O)c1ccc(C(F)(F)F)cc1.Cl. The summed E-state index contributed by atoms with van der Waals surface area (Å²) >= 11 is 0. The molecule has 1 aromatic carbocycles. The zero-order valence-corrected chi connectivity index (χ0v) is 11.2. The third-order valence-electron chi connectivity index (χ3n) is 2.36. The van der Waals surface area contributed by atoms with Gasteiger partial charge in [-0.05, 0) is 44.3 Å². The minimum Gasteiger partial charge on any atom is -0.352 e. The second-order valence-corrected chi connectivity index (χ2v) is 3.79. The van der Waals surface area contributed by atoms with Crippen LogP contribution < -0.4 is 10.6 Å². The Bertz CT molecular complexity index is 393. The van der Waals surface area contributed by atoms with Crippen LogP contribution in [-0.4, -0.2) is 26.0 Å². The molecule has 108 valence electrons. The molecule has 0 saturated heterocycles. The molecule has 0 aliphatic carbocycles.